The third-order valence-corrected chi connectivity index (χ3v) is 5.74. The molecule has 0 aliphatic carbocycles. The SMILES string of the molecule is COc1ccc(OCC(O)CN2CCN(c3ccccc3C(=O)O)CC2)c(C(C)(C)C)c1. The molecule has 0 bridgehead atoms. The number of benzene rings is 2. The number of para-hydroxylation sites is 1. The maximum Gasteiger partial charge on any atom is 0.337 e. The van der Waals surface area contributed by atoms with Gasteiger partial charge in [-0.15, -0.1) is 0 Å². The van der Waals surface area contributed by atoms with Gasteiger partial charge in [0.1, 0.15) is 24.2 Å². The Morgan fingerprint density at radius 2 is 1.78 bits per heavy atom. The lowest BCUT2D eigenvalue weighted by Gasteiger charge is -2.37. The van der Waals surface area contributed by atoms with Gasteiger partial charge in [0.05, 0.1) is 18.4 Å². The summed E-state index contributed by atoms with van der Waals surface area (Å²) in [6.45, 7) is 10.00. The van der Waals surface area contributed by atoms with E-state index in [4.69, 9.17) is 9.47 Å². The molecule has 0 aromatic heterocycles. The van der Waals surface area contributed by atoms with E-state index in [1.807, 2.05) is 30.3 Å². The van der Waals surface area contributed by atoms with Crippen molar-refractivity contribution in [3.05, 3.63) is 53.6 Å². The third-order valence-electron chi connectivity index (χ3n) is 5.74. The number of aliphatic hydroxyl groups excluding tert-OH is 1. The van der Waals surface area contributed by atoms with Gasteiger partial charge in [-0.25, -0.2) is 4.79 Å². The van der Waals surface area contributed by atoms with E-state index in [1.54, 1.807) is 19.2 Å². The number of carboxylic acid groups (broad SMARTS) is 1. The van der Waals surface area contributed by atoms with Crippen LogP contribution in [0.2, 0.25) is 0 Å². The number of piperazine rings is 1. The molecule has 1 heterocycles. The first-order valence-electron chi connectivity index (χ1n) is 11.0. The van der Waals surface area contributed by atoms with Crippen LogP contribution >= 0.6 is 0 Å². The quantitative estimate of drug-likeness (QED) is 0.649. The Kier molecular flexibility index (Phi) is 7.64. The van der Waals surface area contributed by atoms with Crippen LogP contribution in [0.25, 0.3) is 0 Å². The van der Waals surface area contributed by atoms with Gasteiger partial charge < -0.3 is 24.6 Å². The lowest BCUT2D eigenvalue weighted by atomic mass is 9.86. The van der Waals surface area contributed by atoms with Crippen LogP contribution in [0.1, 0.15) is 36.7 Å². The third kappa shape index (κ3) is 5.93. The van der Waals surface area contributed by atoms with Crippen molar-refractivity contribution >= 4 is 11.7 Å². The molecule has 3 rings (SSSR count). The van der Waals surface area contributed by atoms with Gasteiger partial charge in [-0.2, -0.15) is 0 Å². The largest absolute Gasteiger partial charge is 0.497 e. The zero-order valence-corrected chi connectivity index (χ0v) is 19.4. The molecule has 0 amide bonds. The summed E-state index contributed by atoms with van der Waals surface area (Å²) in [6.07, 6.45) is -0.622. The Hall–Kier alpha value is -2.77. The minimum absolute atomic E-state index is 0.114. The van der Waals surface area contributed by atoms with Crippen LogP contribution in [-0.4, -0.2) is 73.6 Å². The summed E-state index contributed by atoms with van der Waals surface area (Å²) in [7, 11) is 1.64. The van der Waals surface area contributed by atoms with Crippen molar-refractivity contribution in [2.45, 2.75) is 32.3 Å². The second-order valence-corrected chi connectivity index (χ2v) is 9.19. The van der Waals surface area contributed by atoms with E-state index in [9.17, 15) is 15.0 Å². The molecule has 1 aliphatic heterocycles. The molecule has 2 N–H and O–H groups in total. The van der Waals surface area contributed by atoms with E-state index in [0.29, 0.717) is 25.2 Å². The van der Waals surface area contributed by atoms with Gasteiger partial charge in [-0.1, -0.05) is 32.9 Å². The van der Waals surface area contributed by atoms with Gasteiger partial charge in [0.2, 0.25) is 0 Å². The monoisotopic (exact) mass is 442 g/mol. The fourth-order valence-corrected chi connectivity index (χ4v) is 3.99. The number of carboxylic acids is 1. The van der Waals surface area contributed by atoms with Gasteiger partial charge in [0.15, 0.2) is 0 Å². The highest BCUT2D eigenvalue weighted by molar-refractivity contribution is 5.94. The van der Waals surface area contributed by atoms with E-state index in [1.165, 1.54) is 0 Å². The standard InChI is InChI=1S/C25H34N2O5/c1-25(2,3)21-15-19(31-4)9-10-23(21)32-17-18(28)16-26-11-13-27(14-12-26)22-8-6-5-7-20(22)24(29)30/h5-10,15,18,28H,11-14,16-17H2,1-4H3,(H,29,30). The molecule has 174 valence electrons. The maximum absolute atomic E-state index is 11.5. The molecule has 0 saturated carbocycles. The highest BCUT2D eigenvalue weighted by Crippen LogP contribution is 2.34. The van der Waals surface area contributed by atoms with Crippen LogP contribution in [-0.2, 0) is 5.41 Å². The van der Waals surface area contributed by atoms with E-state index >= 15 is 0 Å². The number of carbonyl (C=O) groups is 1. The fraction of sp³-hybridized carbons (Fsp3) is 0.480. The molecular formula is C25H34N2O5. The van der Waals surface area contributed by atoms with E-state index in [2.05, 4.69) is 30.6 Å². The average Bonchev–Trinajstić information content (AvgIpc) is 2.77. The summed E-state index contributed by atoms with van der Waals surface area (Å²) >= 11 is 0. The normalized spacial score (nSPS) is 16.0. The number of methoxy groups -OCH3 is 1. The van der Waals surface area contributed by atoms with E-state index < -0.39 is 12.1 Å². The topological polar surface area (TPSA) is 82.5 Å². The van der Waals surface area contributed by atoms with Crippen LogP contribution in [0.5, 0.6) is 11.5 Å². The first-order chi connectivity index (χ1) is 15.2. The Balaban J connectivity index is 1.53. The molecule has 1 saturated heterocycles. The van der Waals surface area contributed by atoms with Gasteiger partial charge in [0.25, 0.3) is 0 Å². The van der Waals surface area contributed by atoms with E-state index in [-0.39, 0.29) is 12.0 Å². The Bertz CT molecular complexity index is 917. The van der Waals surface area contributed by atoms with E-state index in [0.717, 1.165) is 35.8 Å². The predicted octanol–water partition coefficient (Wildman–Crippen LogP) is 3.25. The van der Waals surface area contributed by atoms with Crippen LogP contribution < -0.4 is 14.4 Å². The van der Waals surface area contributed by atoms with Crippen molar-refractivity contribution in [2.24, 2.45) is 0 Å². The first-order valence-corrected chi connectivity index (χ1v) is 11.0. The molecule has 32 heavy (non-hydrogen) atoms. The molecule has 1 aliphatic rings. The summed E-state index contributed by atoms with van der Waals surface area (Å²) in [5.41, 5.74) is 1.99. The first kappa shape index (κ1) is 23.9. The average molecular weight is 443 g/mol. The number of aliphatic hydroxyl groups is 1. The zero-order valence-electron chi connectivity index (χ0n) is 19.4. The van der Waals surface area contributed by atoms with Crippen molar-refractivity contribution < 1.29 is 24.5 Å². The second-order valence-electron chi connectivity index (χ2n) is 9.19. The Labute approximate surface area is 190 Å². The second kappa shape index (κ2) is 10.2. The number of rotatable bonds is 8. The molecule has 0 spiro atoms. The molecule has 1 fully saturated rings. The Morgan fingerprint density at radius 1 is 1.09 bits per heavy atom. The summed E-state index contributed by atoms with van der Waals surface area (Å²) in [4.78, 5) is 15.8. The lowest BCUT2D eigenvalue weighted by molar-refractivity contribution is 0.0655. The van der Waals surface area contributed by atoms with Gasteiger partial charge in [-0.3, -0.25) is 4.90 Å². The Morgan fingerprint density at radius 3 is 2.41 bits per heavy atom. The summed E-state index contributed by atoms with van der Waals surface area (Å²) in [6, 6.07) is 12.8. The molecule has 1 atom stereocenters. The maximum atomic E-state index is 11.5. The predicted molar refractivity (Wildman–Crippen MR) is 125 cm³/mol. The van der Waals surface area contributed by atoms with Crippen LogP contribution in [0.4, 0.5) is 5.69 Å². The molecule has 2 aromatic rings. The number of β-amino-alcohol motifs (C(OH)–C–C–N with tert-alkyl or cyclic N) is 1. The molecule has 2 aromatic carbocycles. The number of hydrogen-bond acceptors (Lipinski definition) is 6. The number of ether oxygens (including phenoxy) is 2. The summed E-state index contributed by atoms with van der Waals surface area (Å²) < 4.78 is 11.3. The van der Waals surface area contributed by atoms with Crippen molar-refractivity contribution in [2.75, 3.05) is 51.3 Å². The van der Waals surface area contributed by atoms with Crippen LogP contribution in [0.3, 0.4) is 0 Å². The van der Waals surface area contributed by atoms with Crippen molar-refractivity contribution in [1.82, 2.24) is 4.90 Å². The number of nitrogens with zero attached hydrogens (tertiary/aromatic N) is 2. The van der Waals surface area contributed by atoms with Crippen LogP contribution in [0, 0.1) is 0 Å². The zero-order chi connectivity index (χ0) is 23.3. The molecule has 7 heteroatoms. The van der Waals surface area contributed by atoms with Crippen molar-refractivity contribution in [3.63, 3.8) is 0 Å². The lowest BCUT2D eigenvalue weighted by Crippen LogP contribution is -2.49. The molecular weight excluding hydrogens is 408 g/mol. The summed E-state index contributed by atoms with van der Waals surface area (Å²) in [5.74, 6) is 0.626. The van der Waals surface area contributed by atoms with Crippen molar-refractivity contribution in [1.29, 1.82) is 0 Å². The highest BCUT2D eigenvalue weighted by Gasteiger charge is 2.24. The van der Waals surface area contributed by atoms with Gasteiger partial charge in [0, 0.05) is 38.3 Å². The number of anilines is 1. The van der Waals surface area contributed by atoms with Gasteiger partial charge in [-0.05, 0) is 35.7 Å². The smallest absolute Gasteiger partial charge is 0.337 e. The molecule has 7 nitrogen and oxygen atoms in total. The van der Waals surface area contributed by atoms with Crippen molar-refractivity contribution in [3.8, 4) is 11.5 Å². The molecule has 1 unspecified atom stereocenters. The minimum Gasteiger partial charge on any atom is -0.497 e. The summed E-state index contributed by atoms with van der Waals surface area (Å²) in [5, 5.41) is 20.0. The van der Waals surface area contributed by atoms with Gasteiger partial charge >= 0.3 is 5.97 Å². The highest BCUT2D eigenvalue weighted by atomic mass is 16.5. The number of hydrogen-bond donors (Lipinski definition) is 2. The molecule has 0 radical (unpaired) electrons. The fourth-order valence-electron chi connectivity index (χ4n) is 3.99. The number of aromatic carboxylic acids is 1. The van der Waals surface area contributed by atoms with Crippen LogP contribution in [0.15, 0.2) is 42.5 Å². The minimum atomic E-state index is -0.913.